The highest BCUT2D eigenvalue weighted by Gasteiger charge is 2.06. The Kier molecular flexibility index (Phi) is 6.57. The van der Waals surface area contributed by atoms with Crippen LogP contribution in [0.25, 0.3) is 11.3 Å². The third-order valence-corrected chi connectivity index (χ3v) is 4.02. The lowest BCUT2D eigenvalue weighted by atomic mass is 10.1. The van der Waals surface area contributed by atoms with Crippen molar-refractivity contribution in [3.05, 3.63) is 71.8 Å². The van der Waals surface area contributed by atoms with E-state index in [-0.39, 0.29) is 5.91 Å². The molecule has 0 aliphatic rings. The molecule has 2 aromatic carbocycles. The number of rotatable bonds is 8. The fraction of sp³-hybridized carbons (Fsp3) is 0.227. The number of aromatic nitrogens is 2. The Balaban J connectivity index is 1.47. The lowest BCUT2D eigenvalue weighted by Crippen LogP contribution is -2.28. The van der Waals surface area contributed by atoms with E-state index < -0.39 is 0 Å². The Labute approximate surface area is 164 Å². The maximum atomic E-state index is 12.1. The topological polar surface area (TPSA) is 73.3 Å². The van der Waals surface area contributed by atoms with Crippen LogP contribution in [0.5, 0.6) is 11.6 Å². The number of ether oxygens (including phenoxy) is 2. The first-order valence-electron chi connectivity index (χ1n) is 9.20. The molecule has 0 aliphatic heterocycles. The predicted octanol–water partition coefficient (Wildman–Crippen LogP) is 3.66. The second-order valence-electron chi connectivity index (χ2n) is 6.19. The van der Waals surface area contributed by atoms with Crippen LogP contribution in [0.3, 0.4) is 0 Å². The molecule has 0 bridgehead atoms. The summed E-state index contributed by atoms with van der Waals surface area (Å²) in [6.07, 6.45) is 0. The van der Waals surface area contributed by atoms with Gasteiger partial charge in [0.05, 0.1) is 18.8 Å². The van der Waals surface area contributed by atoms with Crippen molar-refractivity contribution in [1.29, 1.82) is 0 Å². The zero-order valence-electron chi connectivity index (χ0n) is 16.0. The van der Waals surface area contributed by atoms with Crippen molar-refractivity contribution in [1.82, 2.24) is 15.5 Å². The lowest BCUT2D eigenvalue weighted by Gasteiger charge is -2.08. The van der Waals surface area contributed by atoms with Gasteiger partial charge in [-0.05, 0) is 56.3 Å². The molecule has 1 N–H and O–H groups in total. The molecule has 0 saturated heterocycles. The second kappa shape index (κ2) is 9.50. The van der Waals surface area contributed by atoms with Gasteiger partial charge in [0.2, 0.25) is 5.88 Å². The van der Waals surface area contributed by atoms with Crippen molar-refractivity contribution in [2.45, 2.75) is 13.8 Å². The van der Waals surface area contributed by atoms with E-state index in [2.05, 4.69) is 15.5 Å². The van der Waals surface area contributed by atoms with E-state index in [0.29, 0.717) is 31.2 Å². The van der Waals surface area contributed by atoms with E-state index in [4.69, 9.17) is 9.47 Å². The predicted molar refractivity (Wildman–Crippen MR) is 108 cm³/mol. The maximum Gasteiger partial charge on any atom is 0.251 e. The van der Waals surface area contributed by atoms with Crippen LogP contribution in [0.2, 0.25) is 0 Å². The van der Waals surface area contributed by atoms with Gasteiger partial charge < -0.3 is 14.8 Å². The van der Waals surface area contributed by atoms with E-state index in [1.54, 1.807) is 12.1 Å². The monoisotopic (exact) mass is 377 g/mol. The van der Waals surface area contributed by atoms with E-state index in [1.807, 2.05) is 62.4 Å². The number of benzene rings is 2. The second-order valence-corrected chi connectivity index (χ2v) is 6.19. The molecule has 0 fully saturated rings. The van der Waals surface area contributed by atoms with Crippen molar-refractivity contribution in [2.24, 2.45) is 0 Å². The van der Waals surface area contributed by atoms with Crippen LogP contribution in [0.1, 0.15) is 22.8 Å². The van der Waals surface area contributed by atoms with Gasteiger partial charge in [-0.3, -0.25) is 4.79 Å². The lowest BCUT2D eigenvalue weighted by molar-refractivity contribution is 0.0946. The first-order valence-corrected chi connectivity index (χ1v) is 9.20. The smallest absolute Gasteiger partial charge is 0.251 e. The standard InChI is InChI=1S/C22H23N3O3/c1-3-27-19-9-7-17(8-10-19)20-11-12-21(25-24-20)28-14-13-23-22(26)18-6-4-5-16(2)15-18/h4-12,15H,3,13-14H2,1-2H3,(H,23,26). The third-order valence-electron chi connectivity index (χ3n) is 4.02. The van der Waals surface area contributed by atoms with Crippen molar-refractivity contribution in [3.8, 4) is 22.9 Å². The molecule has 0 unspecified atom stereocenters. The van der Waals surface area contributed by atoms with E-state index in [9.17, 15) is 4.79 Å². The number of nitrogens with one attached hydrogen (secondary N) is 1. The summed E-state index contributed by atoms with van der Waals surface area (Å²) in [5.41, 5.74) is 3.39. The van der Waals surface area contributed by atoms with Crippen LogP contribution in [0.4, 0.5) is 0 Å². The number of aryl methyl sites for hydroxylation is 1. The number of hydrogen-bond acceptors (Lipinski definition) is 5. The highest BCUT2D eigenvalue weighted by Crippen LogP contribution is 2.21. The summed E-state index contributed by atoms with van der Waals surface area (Å²) >= 11 is 0. The summed E-state index contributed by atoms with van der Waals surface area (Å²) in [5.74, 6) is 1.12. The number of nitrogens with zero attached hydrogens (tertiary/aromatic N) is 2. The van der Waals surface area contributed by atoms with Gasteiger partial charge in [-0.1, -0.05) is 17.7 Å². The normalized spacial score (nSPS) is 10.4. The summed E-state index contributed by atoms with van der Waals surface area (Å²) in [6.45, 7) is 5.24. The highest BCUT2D eigenvalue weighted by atomic mass is 16.5. The SMILES string of the molecule is CCOc1ccc(-c2ccc(OCCNC(=O)c3cccc(C)c3)nn2)cc1. The Morgan fingerprint density at radius 2 is 1.82 bits per heavy atom. The van der Waals surface area contributed by atoms with Gasteiger partial charge in [-0.15, -0.1) is 10.2 Å². The van der Waals surface area contributed by atoms with Crippen molar-refractivity contribution in [2.75, 3.05) is 19.8 Å². The van der Waals surface area contributed by atoms with Gasteiger partial charge in [0.15, 0.2) is 0 Å². The molecule has 1 amide bonds. The zero-order valence-corrected chi connectivity index (χ0v) is 16.0. The highest BCUT2D eigenvalue weighted by molar-refractivity contribution is 5.94. The van der Waals surface area contributed by atoms with Gasteiger partial charge >= 0.3 is 0 Å². The third kappa shape index (κ3) is 5.30. The summed E-state index contributed by atoms with van der Waals surface area (Å²) in [6, 6.07) is 18.8. The van der Waals surface area contributed by atoms with Gasteiger partial charge in [-0.2, -0.15) is 0 Å². The number of carbonyl (C=O) groups is 1. The molecule has 6 nitrogen and oxygen atoms in total. The minimum absolute atomic E-state index is 0.121. The van der Waals surface area contributed by atoms with E-state index >= 15 is 0 Å². The van der Waals surface area contributed by atoms with E-state index in [1.165, 1.54) is 0 Å². The van der Waals surface area contributed by atoms with Crippen LogP contribution in [0.15, 0.2) is 60.7 Å². The van der Waals surface area contributed by atoms with Crippen molar-refractivity contribution < 1.29 is 14.3 Å². The van der Waals surface area contributed by atoms with Crippen LogP contribution in [0, 0.1) is 6.92 Å². The minimum atomic E-state index is -0.121. The molecule has 3 rings (SSSR count). The van der Waals surface area contributed by atoms with Gasteiger partial charge in [0.1, 0.15) is 12.4 Å². The number of hydrogen-bond donors (Lipinski definition) is 1. The van der Waals surface area contributed by atoms with Crippen LogP contribution in [-0.4, -0.2) is 35.9 Å². The molecule has 144 valence electrons. The van der Waals surface area contributed by atoms with Crippen LogP contribution >= 0.6 is 0 Å². The molecule has 6 heteroatoms. The fourth-order valence-electron chi connectivity index (χ4n) is 2.65. The average Bonchev–Trinajstić information content (AvgIpc) is 2.72. The molecule has 1 heterocycles. The Morgan fingerprint density at radius 1 is 1.00 bits per heavy atom. The Bertz CT molecular complexity index is 909. The van der Waals surface area contributed by atoms with E-state index in [0.717, 1.165) is 22.6 Å². The quantitative estimate of drug-likeness (QED) is 0.607. The minimum Gasteiger partial charge on any atom is -0.494 e. The van der Waals surface area contributed by atoms with Crippen LogP contribution in [-0.2, 0) is 0 Å². The molecule has 0 saturated carbocycles. The Hall–Kier alpha value is -3.41. The molecule has 3 aromatic rings. The molecule has 0 atom stereocenters. The zero-order chi connectivity index (χ0) is 19.8. The fourth-order valence-corrected chi connectivity index (χ4v) is 2.65. The molecule has 0 spiro atoms. The Morgan fingerprint density at radius 3 is 2.50 bits per heavy atom. The van der Waals surface area contributed by atoms with Crippen LogP contribution < -0.4 is 14.8 Å². The molecule has 0 aliphatic carbocycles. The first-order chi connectivity index (χ1) is 13.7. The summed E-state index contributed by atoms with van der Waals surface area (Å²) in [5, 5.41) is 11.1. The maximum absolute atomic E-state index is 12.1. The van der Waals surface area contributed by atoms with Crippen molar-refractivity contribution >= 4 is 5.91 Å². The van der Waals surface area contributed by atoms with Gasteiger partial charge in [0.25, 0.3) is 5.91 Å². The van der Waals surface area contributed by atoms with Crippen molar-refractivity contribution in [3.63, 3.8) is 0 Å². The summed E-state index contributed by atoms with van der Waals surface area (Å²) in [4.78, 5) is 12.1. The molecular formula is C22H23N3O3. The summed E-state index contributed by atoms with van der Waals surface area (Å²) < 4.78 is 11.0. The van der Waals surface area contributed by atoms with Gasteiger partial charge in [0, 0.05) is 17.2 Å². The number of carbonyl (C=O) groups excluding carboxylic acids is 1. The van der Waals surface area contributed by atoms with Gasteiger partial charge in [-0.25, -0.2) is 0 Å². The largest absolute Gasteiger partial charge is 0.494 e. The number of amides is 1. The molecule has 0 radical (unpaired) electrons. The first kappa shape index (κ1) is 19.4. The average molecular weight is 377 g/mol. The molecule has 1 aromatic heterocycles. The summed E-state index contributed by atoms with van der Waals surface area (Å²) in [7, 11) is 0. The molecule has 28 heavy (non-hydrogen) atoms. The molecular weight excluding hydrogens is 354 g/mol.